The van der Waals surface area contributed by atoms with Crippen molar-refractivity contribution in [3.63, 3.8) is 0 Å². The average molecular weight is 176 g/mol. The number of hydrogen-bond donors (Lipinski definition) is 0. The molecule has 1 aromatic rings. The Morgan fingerprint density at radius 3 is 2.62 bits per heavy atom. The first-order valence-electron chi connectivity index (χ1n) is 4.37. The molecule has 0 aliphatic rings. The number of hydrogen-bond acceptors (Lipinski definition) is 2. The summed E-state index contributed by atoms with van der Waals surface area (Å²) in [6.45, 7) is 5.89. The number of rotatable bonds is 3. The van der Waals surface area contributed by atoms with Crippen molar-refractivity contribution in [2.75, 3.05) is 0 Å². The lowest BCUT2D eigenvalue weighted by atomic mass is 10.1. The summed E-state index contributed by atoms with van der Waals surface area (Å²) in [4.78, 5) is 5.01. The molecule has 69 valence electrons. The van der Waals surface area contributed by atoms with Crippen molar-refractivity contribution >= 4 is 6.21 Å². The van der Waals surface area contributed by atoms with Gasteiger partial charge in [0.05, 0.1) is 0 Å². The van der Waals surface area contributed by atoms with E-state index < -0.39 is 0 Å². The van der Waals surface area contributed by atoms with Crippen molar-refractivity contribution in [2.24, 2.45) is 5.16 Å². The van der Waals surface area contributed by atoms with E-state index in [1.807, 2.05) is 45.0 Å². The smallest absolute Gasteiger partial charge is 0.139 e. The quantitative estimate of drug-likeness (QED) is 0.512. The zero-order chi connectivity index (χ0) is 9.68. The van der Waals surface area contributed by atoms with Crippen LogP contribution in [0.15, 0.2) is 29.4 Å². The maximum absolute atomic E-state index is 5.01. The van der Waals surface area contributed by atoms with Gasteiger partial charge in [0, 0.05) is 5.56 Å². The van der Waals surface area contributed by atoms with Crippen LogP contribution in [0.25, 0.3) is 0 Å². The van der Waals surface area contributed by atoms with Crippen molar-refractivity contribution in [2.45, 2.75) is 26.9 Å². The van der Waals surface area contributed by atoms with Crippen LogP contribution in [0.4, 0.5) is 0 Å². The number of benzene rings is 1. The molecule has 0 aromatic heterocycles. The predicted octanol–water partition coefficient (Wildman–Crippen LogP) is 2.63. The van der Waals surface area contributed by atoms with Crippen LogP contribution in [0.1, 0.15) is 25.0 Å². The average Bonchev–Trinajstić information content (AvgIpc) is 2.08. The lowest BCUT2D eigenvalue weighted by molar-refractivity contribution is 0.0873. The van der Waals surface area contributed by atoms with Crippen molar-refractivity contribution in [1.82, 2.24) is 0 Å². The van der Waals surface area contributed by atoms with Gasteiger partial charge < -0.3 is 4.84 Å². The van der Waals surface area contributed by atoms with E-state index in [4.69, 9.17) is 4.84 Å². The highest BCUT2D eigenvalue weighted by Gasteiger charge is 1.93. The first kappa shape index (κ1) is 9.78. The summed E-state index contributed by atoms with van der Waals surface area (Å²) >= 11 is 0. The molecule has 2 heteroatoms. The molecule has 0 spiro atoms. The Labute approximate surface area is 79.2 Å². The molecule has 2 nitrogen and oxygen atoms in total. The summed E-state index contributed by atoms with van der Waals surface area (Å²) in [5.41, 5.74) is 2.13. The van der Waals surface area contributed by atoms with Gasteiger partial charge in [-0.2, -0.15) is 0 Å². The van der Waals surface area contributed by atoms with Gasteiger partial charge in [0.15, 0.2) is 0 Å². The molecule has 0 unspecified atom stereocenters. The van der Waals surface area contributed by atoms with Crippen LogP contribution >= 0.6 is 0 Å². The van der Waals surface area contributed by atoms with E-state index in [9.17, 15) is 0 Å². The van der Waals surface area contributed by atoms with E-state index in [2.05, 4.69) is 11.4 Å². The molecule has 0 amide bonds. The van der Waals surface area contributed by atoms with Crippen molar-refractivity contribution in [3.8, 4) is 0 Å². The minimum Gasteiger partial charge on any atom is -0.393 e. The summed E-state index contributed by atoms with van der Waals surface area (Å²) in [6.07, 6.45) is 2.95. The Morgan fingerprint density at radius 1 is 1.31 bits per heavy atom. The van der Waals surface area contributed by atoms with E-state index >= 15 is 0 Å². The van der Waals surface area contributed by atoms with E-state index in [1.54, 1.807) is 0 Å². The Balaban J connectivity index is 2.63. The third-order valence-corrected chi connectivity index (χ3v) is 1.57. The Hall–Kier alpha value is -1.31. The first-order valence-corrected chi connectivity index (χ1v) is 4.37. The fourth-order valence-corrected chi connectivity index (χ4v) is 0.879. The maximum Gasteiger partial charge on any atom is 0.139 e. The van der Waals surface area contributed by atoms with Gasteiger partial charge in [0.1, 0.15) is 12.3 Å². The zero-order valence-electron chi connectivity index (χ0n) is 8.24. The lowest BCUT2D eigenvalue weighted by Crippen LogP contribution is -1.96. The van der Waals surface area contributed by atoms with E-state index in [0.717, 1.165) is 11.1 Å². The maximum atomic E-state index is 5.01. The zero-order valence-corrected chi connectivity index (χ0v) is 8.24. The van der Waals surface area contributed by atoms with Crippen molar-refractivity contribution in [3.05, 3.63) is 35.4 Å². The molecule has 0 saturated carbocycles. The van der Waals surface area contributed by atoms with Gasteiger partial charge in [-0.15, -0.1) is 0 Å². The van der Waals surface area contributed by atoms with Crippen LogP contribution in [0.2, 0.25) is 0 Å². The number of aryl methyl sites for hydroxylation is 1. The lowest BCUT2D eigenvalue weighted by Gasteiger charge is -2.00. The number of nitrogens with zero attached hydrogens (tertiary/aromatic N) is 1. The second-order valence-corrected chi connectivity index (χ2v) is 3.17. The highest BCUT2D eigenvalue weighted by Crippen LogP contribution is 2.03. The van der Waals surface area contributed by atoms with Crippen molar-refractivity contribution < 1.29 is 4.84 Å². The van der Waals surface area contributed by atoms with E-state index in [1.165, 1.54) is 0 Å². The normalized spacial score (nSPS) is 11.1. The van der Waals surface area contributed by atoms with E-state index in [-0.39, 0.29) is 6.10 Å². The topological polar surface area (TPSA) is 21.6 Å². The molecule has 0 aliphatic heterocycles. The van der Waals surface area contributed by atoms with Crippen LogP contribution in [-0.2, 0) is 4.84 Å². The first-order chi connectivity index (χ1) is 6.20. The Kier molecular flexibility index (Phi) is 3.50. The molecule has 1 radical (unpaired) electrons. The van der Waals surface area contributed by atoms with Crippen LogP contribution in [-0.4, -0.2) is 12.3 Å². The molecule has 13 heavy (non-hydrogen) atoms. The molecule has 1 aromatic carbocycles. The highest BCUT2D eigenvalue weighted by molar-refractivity contribution is 5.80. The van der Waals surface area contributed by atoms with Gasteiger partial charge in [-0.1, -0.05) is 29.4 Å². The minimum absolute atomic E-state index is 0.108. The van der Waals surface area contributed by atoms with Gasteiger partial charge in [0.25, 0.3) is 0 Å². The molecule has 0 aliphatic carbocycles. The van der Waals surface area contributed by atoms with Gasteiger partial charge in [-0.05, 0) is 26.3 Å². The minimum atomic E-state index is 0.108. The fraction of sp³-hybridized carbons (Fsp3) is 0.364. The standard InChI is InChI=1S/C11H14NO/c1-9(2)13-12-8-11-7-5-4-6-10(11)3/h4-7,9H,1-3H3. The SMILES string of the molecule is Cc1ccccc1/[C]=N/OC(C)C. The van der Waals surface area contributed by atoms with Gasteiger partial charge in [0.2, 0.25) is 0 Å². The second-order valence-electron chi connectivity index (χ2n) is 3.17. The predicted molar refractivity (Wildman–Crippen MR) is 53.9 cm³/mol. The molecule has 0 bridgehead atoms. The van der Waals surface area contributed by atoms with Gasteiger partial charge in [-0.3, -0.25) is 0 Å². The summed E-state index contributed by atoms with van der Waals surface area (Å²) in [6, 6.07) is 7.93. The Morgan fingerprint density at radius 2 is 2.00 bits per heavy atom. The monoisotopic (exact) mass is 176 g/mol. The third-order valence-electron chi connectivity index (χ3n) is 1.57. The van der Waals surface area contributed by atoms with Gasteiger partial charge >= 0.3 is 0 Å². The van der Waals surface area contributed by atoms with Crippen LogP contribution in [0.5, 0.6) is 0 Å². The molecular weight excluding hydrogens is 162 g/mol. The summed E-state index contributed by atoms with van der Waals surface area (Å²) in [7, 11) is 0. The largest absolute Gasteiger partial charge is 0.393 e. The van der Waals surface area contributed by atoms with Crippen molar-refractivity contribution in [1.29, 1.82) is 0 Å². The molecule has 0 N–H and O–H groups in total. The fourth-order valence-electron chi connectivity index (χ4n) is 0.879. The summed E-state index contributed by atoms with van der Waals surface area (Å²) < 4.78 is 0. The molecule has 0 saturated heterocycles. The van der Waals surface area contributed by atoms with Crippen LogP contribution in [0.3, 0.4) is 0 Å². The van der Waals surface area contributed by atoms with Crippen LogP contribution < -0.4 is 0 Å². The van der Waals surface area contributed by atoms with E-state index in [0.29, 0.717) is 0 Å². The van der Waals surface area contributed by atoms with Crippen LogP contribution in [0, 0.1) is 6.92 Å². The molecule has 1 rings (SSSR count). The second kappa shape index (κ2) is 4.65. The van der Waals surface area contributed by atoms with Gasteiger partial charge in [-0.25, -0.2) is 0 Å². The summed E-state index contributed by atoms with van der Waals surface area (Å²) in [5, 5.41) is 3.75. The Bertz CT molecular complexity index is 292. The molecular formula is C11H14NO. The highest BCUT2D eigenvalue weighted by atomic mass is 16.6. The third kappa shape index (κ3) is 3.28. The molecule has 0 fully saturated rings. The summed E-state index contributed by atoms with van der Waals surface area (Å²) in [5.74, 6) is 0. The molecule has 0 heterocycles. The molecule has 0 atom stereocenters.